The number of furan rings is 1. The molecule has 0 bridgehead atoms. The van der Waals surface area contributed by atoms with E-state index >= 15 is 0 Å². The van der Waals surface area contributed by atoms with Gasteiger partial charge in [-0.1, -0.05) is 24.3 Å². The standard InChI is InChI=1S/C23H30N6O.HI/c1-24-23(26-17-21(22-9-5-14-30-22)28-11-2-3-12-28)25-16-19-7-4-8-20(15-19)18-29-13-6-10-27-29;/h4-10,13-15,21H,2-3,11-12,16-18H2,1H3,(H2,24,25,26);1H. The van der Waals surface area contributed by atoms with Crippen LogP contribution in [0.4, 0.5) is 0 Å². The normalized spacial score (nSPS) is 15.5. The number of likely N-dealkylation sites (tertiary alicyclic amines) is 1. The third-order valence-corrected chi connectivity index (χ3v) is 5.49. The molecular formula is C23H31IN6O. The Morgan fingerprint density at radius 1 is 1.13 bits per heavy atom. The molecule has 3 heterocycles. The van der Waals surface area contributed by atoms with E-state index < -0.39 is 0 Å². The third-order valence-electron chi connectivity index (χ3n) is 5.49. The largest absolute Gasteiger partial charge is 0.468 e. The monoisotopic (exact) mass is 534 g/mol. The molecule has 2 aromatic heterocycles. The molecule has 1 aliphatic rings. The second kappa shape index (κ2) is 11.9. The zero-order chi connectivity index (χ0) is 20.6. The van der Waals surface area contributed by atoms with Gasteiger partial charge in [0.25, 0.3) is 0 Å². The van der Waals surface area contributed by atoms with E-state index in [1.165, 1.54) is 24.0 Å². The fourth-order valence-electron chi connectivity index (χ4n) is 3.96. The van der Waals surface area contributed by atoms with Crippen LogP contribution in [0.15, 0.2) is 70.5 Å². The van der Waals surface area contributed by atoms with Gasteiger partial charge in [0.2, 0.25) is 0 Å². The van der Waals surface area contributed by atoms with Crippen LogP contribution in [0.3, 0.4) is 0 Å². The van der Waals surface area contributed by atoms with Gasteiger partial charge in [-0.05, 0) is 55.3 Å². The molecule has 3 aromatic rings. The van der Waals surface area contributed by atoms with Gasteiger partial charge in [-0.3, -0.25) is 14.6 Å². The average Bonchev–Trinajstić information content (AvgIpc) is 3.55. The van der Waals surface area contributed by atoms with Gasteiger partial charge in [0.15, 0.2) is 5.96 Å². The quantitative estimate of drug-likeness (QED) is 0.263. The van der Waals surface area contributed by atoms with Crippen LogP contribution in [-0.2, 0) is 13.1 Å². The summed E-state index contributed by atoms with van der Waals surface area (Å²) in [6, 6.07) is 14.7. The maximum absolute atomic E-state index is 5.71. The molecule has 4 rings (SSSR count). The van der Waals surface area contributed by atoms with Crippen molar-refractivity contribution in [1.82, 2.24) is 25.3 Å². The van der Waals surface area contributed by atoms with Crippen LogP contribution in [0.5, 0.6) is 0 Å². The Morgan fingerprint density at radius 3 is 2.68 bits per heavy atom. The molecule has 0 amide bonds. The van der Waals surface area contributed by atoms with Crippen molar-refractivity contribution in [3.63, 3.8) is 0 Å². The second-order valence-corrected chi connectivity index (χ2v) is 7.60. The predicted octanol–water partition coefficient (Wildman–Crippen LogP) is 3.64. The van der Waals surface area contributed by atoms with E-state index in [-0.39, 0.29) is 30.0 Å². The number of nitrogens with zero attached hydrogens (tertiary/aromatic N) is 4. The highest BCUT2D eigenvalue weighted by Crippen LogP contribution is 2.24. The maximum atomic E-state index is 5.71. The van der Waals surface area contributed by atoms with Crippen molar-refractivity contribution in [2.24, 2.45) is 4.99 Å². The second-order valence-electron chi connectivity index (χ2n) is 7.60. The molecule has 0 aliphatic carbocycles. The van der Waals surface area contributed by atoms with Crippen molar-refractivity contribution in [2.45, 2.75) is 32.0 Å². The minimum absolute atomic E-state index is 0. The van der Waals surface area contributed by atoms with Gasteiger partial charge in [-0.25, -0.2) is 0 Å². The highest BCUT2D eigenvalue weighted by Gasteiger charge is 2.25. The molecule has 7 nitrogen and oxygen atoms in total. The fourth-order valence-corrected chi connectivity index (χ4v) is 3.96. The number of rotatable bonds is 8. The Kier molecular flexibility index (Phi) is 8.96. The number of nitrogens with one attached hydrogen (secondary N) is 2. The summed E-state index contributed by atoms with van der Waals surface area (Å²) in [4.78, 5) is 6.88. The molecule has 1 unspecified atom stereocenters. The Labute approximate surface area is 200 Å². The van der Waals surface area contributed by atoms with Crippen molar-refractivity contribution >= 4 is 29.9 Å². The molecule has 0 spiro atoms. The summed E-state index contributed by atoms with van der Waals surface area (Å²) in [5, 5.41) is 11.2. The van der Waals surface area contributed by atoms with Crippen LogP contribution in [0.1, 0.15) is 35.8 Å². The highest BCUT2D eigenvalue weighted by molar-refractivity contribution is 14.0. The minimum Gasteiger partial charge on any atom is -0.468 e. The molecule has 166 valence electrons. The van der Waals surface area contributed by atoms with E-state index in [1.54, 1.807) is 19.5 Å². The number of halogens is 1. The SMILES string of the molecule is CN=C(NCc1cccc(Cn2cccn2)c1)NCC(c1ccco1)N1CCCC1.I. The van der Waals surface area contributed by atoms with Gasteiger partial charge >= 0.3 is 0 Å². The molecule has 2 N–H and O–H groups in total. The van der Waals surface area contributed by atoms with E-state index in [4.69, 9.17) is 4.42 Å². The van der Waals surface area contributed by atoms with Crippen LogP contribution >= 0.6 is 24.0 Å². The number of benzene rings is 1. The molecule has 1 saturated heterocycles. The van der Waals surface area contributed by atoms with Crippen LogP contribution in [0.25, 0.3) is 0 Å². The number of aromatic nitrogens is 2. The van der Waals surface area contributed by atoms with Crippen molar-refractivity contribution < 1.29 is 4.42 Å². The summed E-state index contributed by atoms with van der Waals surface area (Å²) in [5.41, 5.74) is 2.44. The highest BCUT2D eigenvalue weighted by atomic mass is 127. The molecule has 8 heteroatoms. The van der Waals surface area contributed by atoms with Crippen molar-refractivity contribution in [3.05, 3.63) is 78.0 Å². The van der Waals surface area contributed by atoms with Crippen molar-refractivity contribution in [2.75, 3.05) is 26.7 Å². The first kappa shape index (κ1) is 23.3. The molecule has 1 aliphatic heterocycles. The van der Waals surface area contributed by atoms with Gasteiger partial charge in [0.05, 0.1) is 18.8 Å². The van der Waals surface area contributed by atoms with Crippen LogP contribution in [0, 0.1) is 0 Å². The first-order valence-corrected chi connectivity index (χ1v) is 10.6. The van der Waals surface area contributed by atoms with E-state index in [9.17, 15) is 0 Å². The molecule has 0 radical (unpaired) electrons. The molecular weight excluding hydrogens is 503 g/mol. The zero-order valence-corrected chi connectivity index (χ0v) is 20.2. The Morgan fingerprint density at radius 2 is 1.97 bits per heavy atom. The first-order chi connectivity index (χ1) is 14.8. The van der Waals surface area contributed by atoms with E-state index in [0.717, 1.165) is 37.9 Å². The average molecular weight is 534 g/mol. The number of hydrogen-bond donors (Lipinski definition) is 2. The Hall–Kier alpha value is -2.33. The number of hydrogen-bond acceptors (Lipinski definition) is 4. The topological polar surface area (TPSA) is 70.6 Å². The van der Waals surface area contributed by atoms with Gasteiger partial charge < -0.3 is 15.1 Å². The number of aliphatic imine (C=N–C) groups is 1. The third kappa shape index (κ3) is 6.57. The summed E-state index contributed by atoms with van der Waals surface area (Å²) in [6.45, 7) is 4.47. The van der Waals surface area contributed by atoms with Gasteiger partial charge in [-0.2, -0.15) is 5.10 Å². The molecule has 0 saturated carbocycles. The van der Waals surface area contributed by atoms with Gasteiger partial charge in [0, 0.05) is 32.5 Å². The van der Waals surface area contributed by atoms with E-state index in [0.29, 0.717) is 6.54 Å². The van der Waals surface area contributed by atoms with E-state index in [2.05, 4.69) is 56.0 Å². The summed E-state index contributed by atoms with van der Waals surface area (Å²) in [7, 11) is 1.81. The summed E-state index contributed by atoms with van der Waals surface area (Å²) in [5.74, 6) is 1.80. The van der Waals surface area contributed by atoms with Gasteiger partial charge in [0.1, 0.15) is 5.76 Å². The zero-order valence-electron chi connectivity index (χ0n) is 17.9. The fraction of sp³-hybridized carbons (Fsp3) is 0.391. The number of guanidine groups is 1. The molecule has 1 fully saturated rings. The lowest BCUT2D eigenvalue weighted by Gasteiger charge is -2.26. The molecule has 1 atom stereocenters. The van der Waals surface area contributed by atoms with Crippen LogP contribution in [-0.4, -0.2) is 47.3 Å². The van der Waals surface area contributed by atoms with E-state index in [1.807, 2.05) is 23.0 Å². The Bertz CT molecular complexity index is 919. The lowest BCUT2D eigenvalue weighted by atomic mass is 10.1. The first-order valence-electron chi connectivity index (χ1n) is 10.6. The lowest BCUT2D eigenvalue weighted by molar-refractivity contribution is 0.215. The Balaban J connectivity index is 0.00000272. The minimum atomic E-state index is 0. The van der Waals surface area contributed by atoms with Crippen LogP contribution < -0.4 is 10.6 Å². The maximum Gasteiger partial charge on any atom is 0.191 e. The van der Waals surface area contributed by atoms with Crippen LogP contribution in [0.2, 0.25) is 0 Å². The van der Waals surface area contributed by atoms with Crippen molar-refractivity contribution in [1.29, 1.82) is 0 Å². The smallest absolute Gasteiger partial charge is 0.191 e. The summed E-state index contributed by atoms with van der Waals surface area (Å²) < 4.78 is 7.64. The predicted molar refractivity (Wildman–Crippen MR) is 134 cm³/mol. The molecule has 1 aromatic carbocycles. The van der Waals surface area contributed by atoms with Gasteiger partial charge in [-0.15, -0.1) is 24.0 Å². The lowest BCUT2D eigenvalue weighted by Crippen LogP contribution is -2.42. The summed E-state index contributed by atoms with van der Waals surface area (Å²) >= 11 is 0. The van der Waals surface area contributed by atoms with Crippen molar-refractivity contribution in [3.8, 4) is 0 Å². The molecule has 31 heavy (non-hydrogen) atoms. The summed E-state index contributed by atoms with van der Waals surface area (Å²) in [6.07, 6.45) is 8.03.